The summed E-state index contributed by atoms with van der Waals surface area (Å²) >= 11 is 1.82. The normalized spacial score (nSPS) is 16.4. The number of furan rings is 1. The third-order valence-electron chi connectivity index (χ3n) is 11.7. The lowest BCUT2D eigenvalue weighted by Gasteiger charge is -2.25. The number of nitrogens with zero attached hydrogens (tertiary/aromatic N) is 2. The smallest absolute Gasteiger partial charge is 0.145 e. The molecular weight excluding hydrogens is 741 g/mol. The van der Waals surface area contributed by atoms with E-state index in [4.69, 9.17) is 4.42 Å². The molecule has 0 spiro atoms. The fraction of sp³-hybridized carbons (Fsp3) is 0.0370. The van der Waals surface area contributed by atoms with Gasteiger partial charge in [-0.1, -0.05) is 110 Å². The standard InChI is InChI=1S/C54H38N2O2S/c1-3-13-39(33-52-43-19-6-9-22-51(43)59-52)56-47-21-8-5-18-42(47)53-48(56)26-25-41-45-32-36(24-28-50(45)58-54(41)53)35-23-27-49(57)44(31-35)37-15-12-16-38(30-37)55-29-11-10-14-34(2)40-17-4-7-20-46(40)55/h3-4,6-17,19-33,57H,1-2,5,18H2/b14-10-,29-11-,39-13+,52-33-. The van der Waals surface area contributed by atoms with Gasteiger partial charge in [0.05, 0.1) is 11.2 Å². The summed E-state index contributed by atoms with van der Waals surface area (Å²) in [5, 5.41) is 14.6. The molecule has 2 aromatic heterocycles. The average Bonchev–Trinajstić information content (AvgIpc) is 3.80. The summed E-state index contributed by atoms with van der Waals surface area (Å²) in [6.45, 7) is 8.39. The maximum absolute atomic E-state index is 11.3. The molecule has 4 heterocycles. The first-order valence-corrected chi connectivity index (χ1v) is 20.7. The average molecular weight is 779 g/mol. The van der Waals surface area contributed by atoms with Gasteiger partial charge in [0.1, 0.15) is 16.9 Å². The molecule has 0 fully saturated rings. The van der Waals surface area contributed by atoms with Crippen molar-refractivity contribution in [1.29, 1.82) is 0 Å². The molecule has 3 aliphatic rings. The van der Waals surface area contributed by atoms with Crippen LogP contribution < -0.4 is 4.90 Å². The number of benzene rings is 6. The van der Waals surface area contributed by atoms with E-state index in [9.17, 15) is 5.11 Å². The van der Waals surface area contributed by atoms with Gasteiger partial charge < -0.3 is 19.0 Å². The number of hydrogen-bond acceptors (Lipinski definition) is 4. The number of fused-ring (bicyclic) bond motifs is 9. The van der Waals surface area contributed by atoms with E-state index in [1.807, 2.05) is 60.3 Å². The van der Waals surface area contributed by atoms with Gasteiger partial charge >= 0.3 is 0 Å². The number of rotatable bonds is 6. The molecule has 0 radical (unpaired) electrons. The number of phenols is 1. The minimum Gasteiger partial charge on any atom is -0.507 e. The maximum atomic E-state index is 11.3. The largest absolute Gasteiger partial charge is 0.507 e. The Morgan fingerprint density at radius 3 is 2.51 bits per heavy atom. The number of phenolic OH excluding ortho intramolecular Hbond substituents is 1. The fourth-order valence-electron chi connectivity index (χ4n) is 8.87. The zero-order valence-corrected chi connectivity index (χ0v) is 33.0. The molecule has 282 valence electrons. The van der Waals surface area contributed by atoms with E-state index >= 15 is 0 Å². The number of para-hydroxylation sites is 1. The highest BCUT2D eigenvalue weighted by molar-refractivity contribution is 8.10. The molecule has 0 atom stereocenters. The minimum atomic E-state index is 0.229. The first-order valence-electron chi connectivity index (χ1n) is 19.9. The second-order valence-corrected chi connectivity index (χ2v) is 16.2. The van der Waals surface area contributed by atoms with Crippen LogP contribution in [-0.4, -0.2) is 9.67 Å². The monoisotopic (exact) mass is 778 g/mol. The molecule has 11 rings (SSSR count). The molecule has 0 unspecified atom stereocenters. The Bertz CT molecular complexity index is 3250. The zero-order valence-electron chi connectivity index (χ0n) is 32.2. The molecule has 6 aromatic carbocycles. The van der Waals surface area contributed by atoms with Gasteiger partial charge in [-0.25, -0.2) is 0 Å². The quantitative estimate of drug-likeness (QED) is 0.171. The number of aryl methyl sites for hydroxylation is 1. The highest BCUT2D eigenvalue weighted by Gasteiger charge is 2.26. The van der Waals surface area contributed by atoms with Gasteiger partial charge in [-0.05, 0) is 126 Å². The summed E-state index contributed by atoms with van der Waals surface area (Å²) in [4.78, 5) is 4.74. The third kappa shape index (κ3) is 5.77. The molecule has 8 aromatic rings. The molecule has 5 heteroatoms. The fourth-order valence-corrected chi connectivity index (χ4v) is 9.86. The number of aromatic nitrogens is 1. The van der Waals surface area contributed by atoms with Crippen molar-refractivity contribution in [3.05, 3.63) is 206 Å². The minimum absolute atomic E-state index is 0.229. The molecular formula is C54H38N2O2S. The van der Waals surface area contributed by atoms with Crippen LogP contribution in [0, 0.1) is 0 Å². The van der Waals surface area contributed by atoms with E-state index in [1.165, 1.54) is 32.0 Å². The number of hydrogen-bond donors (Lipinski definition) is 1. The van der Waals surface area contributed by atoms with Crippen molar-refractivity contribution in [2.75, 3.05) is 4.90 Å². The van der Waals surface area contributed by atoms with E-state index < -0.39 is 0 Å². The molecule has 4 nitrogen and oxygen atoms in total. The maximum Gasteiger partial charge on any atom is 0.145 e. The zero-order chi connectivity index (χ0) is 39.6. The summed E-state index contributed by atoms with van der Waals surface area (Å²) in [5.41, 5.74) is 15.5. The van der Waals surface area contributed by atoms with Crippen LogP contribution in [0.1, 0.15) is 28.8 Å². The first kappa shape index (κ1) is 35.0. The Balaban J connectivity index is 0.999. The number of allylic oxidation sites excluding steroid dienone is 9. The van der Waals surface area contributed by atoms with E-state index in [0.717, 1.165) is 90.8 Å². The van der Waals surface area contributed by atoms with Crippen molar-refractivity contribution in [2.45, 2.75) is 17.7 Å². The van der Waals surface area contributed by atoms with Gasteiger partial charge in [-0.3, -0.25) is 0 Å². The Hall–Kier alpha value is -7.21. The summed E-state index contributed by atoms with van der Waals surface area (Å²) in [6, 6.07) is 41.9. The second-order valence-electron chi connectivity index (χ2n) is 15.1. The second kappa shape index (κ2) is 14.0. The van der Waals surface area contributed by atoms with Gasteiger partial charge in [0.15, 0.2) is 0 Å². The van der Waals surface area contributed by atoms with Crippen LogP contribution >= 0.6 is 11.8 Å². The van der Waals surface area contributed by atoms with Crippen molar-refractivity contribution in [2.24, 2.45) is 0 Å². The summed E-state index contributed by atoms with van der Waals surface area (Å²) in [6.07, 6.45) is 20.9. The van der Waals surface area contributed by atoms with Gasteiger partial charge in [-0.15, -0.1) is 0 Å². The van der Waals surface area contributed by atoms with Gasteiger partial charge in [-0.2, -0.15) is 0 Å². The molecule has 2 aliphatic heterocycles. The summed E-state index contributed by atoms with van der Waals surface area (Å²) in [7, 11) is 0. The lowest BCUT2D eigenvalue weighted by atomic mass is 9.96. The Morgan fingerprint density at radius 1 is 0.763 bits per heavy atom. The van der Waals surface area contributed by atoms with Crippen molar-refractivity contribution in [1.82, 2.24) is 4.57 Å². The van der Waals surface area contributed by atoms with Crippen LogP contribution in [-0.2, 0) is 6.42 Å². The molecule has 1 N–H and O–H groups in total. The first-order chi connectivity index (χ1) is 29.0. The number of anilines is 2. The van der Waals surface area contributed by atoms with E-state index in [-0.39, 0.29) is 5.75 Å². The Kier molecular flexibility index (Phi) is 8.31. The van der Waals surface area contributed by atoms with Crippen LogP contribution in [0.5, 0.6) is 5.75 Å². The molecule has 0 bridgehead atoms. The Morgan fingerprint density at radius 2 is 1.61 bits per heavy atom. The summed E-state index contributed by atoms with van der Waals surface area (Å²) in [5.74, 6) is 0.229. The van der Waals surface area contributed by atoms with E-state index in [1.54, 1.807) is 6.07 Å². The van der Waals surface area contributed by atoms with Crippen molar-refractivity contribution in [3.63, 3.8) is 0 Å². The van der Waals surface area contributed by atoms with E-state index in [2.05, 4.69) is 144 Å². The van der Waals surface area contributed by atoms with Crippen molar-refractivity contribution >= 4 is 78.2 Å². The predicted octanol–water partition coefficient (Wildman–Crippen LogP) is 14.9. The SMILES string of the molecule is C=C/C=C(\C=C1/Sc2ccccc21)n1c2c(c3c4oc5ccc(-c6ccc(O)c(-c7cccc(N8/C=C\C=C/C(=C)c9ccccc98)c7)c6)cc5c4ccc31)CCC=C2. The Labute approximate surface area is 347 Å². The summed E-state index contributed by atoms with van der Waals surface area (Å²) < 4.78 is 9.18. The highest BCUT2D eigenvalue weighted by atomic mass is 32.2. The van der Waals surface area contributed by atoms with Crippen LogP contribution in [0.3, 0.4) is 0 Å². The third-order valence-corrected chi connectivity index (χ3v) is 12.8. The van der Waals surface area contributed by atoms with Crippen LogP contribution in [0.15, 0.2) is 193 Å². The van der Waals surface area contributed by atoms with Crippen molar-refractivity contribution in [3.8, 4) is 28.0 Å². The van der Waals surface area contributed by atoms with E-state index in [0.29, 0.717) is 0 Å². The number of thioether (sulfide) groups is 1. The molecule has 1 aliphatic carbocycles. The van der Waals surface area contributed by atoms with Crippen LogP contribution in [0.2, 0.25) is 0 Å². The molecule has 0 amide bonds. The highest BCUT2D eigenvalue weighted by Crippen LogP contribution is 2.50. The van der Waals surface area contributed by atoms with Gasteiger partial charge in [0.25, 0.3) is 0 Å². The molecule has 0 saturated heterocycles. The topological polar surface area (TPSA) is 41.5 Å². The molecule has 59 heavy (non-hydrogen) atoms. The van der Waals surface area contributed by atoms with Crippen LogP contribution in [0.25, 0.3) is 77.3 Å². The number of aromatic hydroxyl groups is 1. The van der Waals surface area contributed by atoms with Gasteiger partial charge in [0, 0.05) is 65.9 Å². The van der Waals surface area contributed by atoms with Gasteiger partial charge in [0.2, 0.25) is 0 Å². The lowest BCUT2D eigenvalue weighted by Crippen LogP contribution is -2.11. The van der Waals surface area contributed by atoms with Crippen LogP contribution in [0.4, 0.5) is 11.4 Å². The predicted molar refractivity (Wildman–Crippen MR) is 250 cm³/mol. The molecule has 0 saturated carbocycles. The lowest BCUT2D eigenvalue weighted by molar-refractivity contribution is 0.477. The van der Waals surface area contributed by atoms with Crippen molar-refractivity contribution < 1.29 is 9.52 Å².